The highest BCUT2D eigenvalue weighted by Gasteiger charge is 2.30. The average Bonchev–Trinajstić information content (AvgIpc) is 3.14. The zero-order valence-electron chi connectivity index (χ0n) is 14.3. The highest BCUT2D eigenvalue weighted by Crippen LogP contribution is 2.40. The molecule has 1 aliphatic heterocycles. The van der Waals surface area contributed by atoms with E-state index in [1.54, 1.807) is 7.11 Å². The lowest BCUT2D eigenvalue weighted by molar-refractivity contribution is 0.103. The first kappa shape index (κ1) is 15.0. The number of benzene rings is 2. The Hall–Kier alpha value is -2.55. The van der Waals surface area contributed by atoms with Crippen LogP contribution in [-0.2, 0) is 6.54 Å². The van der Waals surface area contributed by atoms with E-state index in [-0.39, 0.29) is 5.78 Å². The molecule has 0 fully saturated rings. The maximum Gasteiger partial charge on any atom is 0.195 e. The second kappa shape index (κ2) is 5.52. The number of hydrogen-bond donors (Lipinski definition) is 0. The number of carbonyl (C=O) groups is 1. The molecule has 2 aromatic carbocycles. The summed E-state index contributed by atoms with van der Waals surface area (Å²) in [7, 11) is 1.64. The van der Waals surface area contributed by atoms with Gasteiger partial charge in [-0.3, -0.25) is 4.79 Å². The van der Waals surface area contributed by atoms with E-state index in [1.165, 1.54) is 16.8 Å². The first-order chi connectivity index (χ1) is 11.6. The van der Waals surface area contributed by atoms with E-state index in [2.05, 4.69) is 36.6 Å². The summed E-state index contributed by atoms with van der Waals surface area (Å²) >= 11 is 0. The van der Waals surface area contributed by atoms with Crippen LogP contribution in [0.3, 0.4) is 0 Å². The van der Waals surface area contributed by atoms with Gasteiger partial charge in [-0.25, -0.2) is 0 Å². The zero-order valence-corrected chi connectivity index (χ0v) is 14.3. The summed E-state index contributed by atoms with van der Waals surface area (Å²) in [5.74, 6) is 1.29. The van der Waals surface area contributed by atoms with Gasteiger partial charge in [-0.15, -0.1) is 0 Å². The van der Waals surface area contributed by atoms with Crippen LogP contribution in [0.25, 0.3) is 10.9 Å². The van der Waals surface area contributed by atoms with Gasteiger partial charge in [-0.2, -0.15) is 0 Å². The van der Waals surface area contributed by atoms with Crippen molar-refractivity contribution < 1.29 is 9.53 Å². The summed E-state index contributed by atoms with van der Waals surface area (Å²) in [4.78, 5) is 13.3. The summed E-state index contributed by atoms with van der Waals surface area (Å²) < 4.78 is 7.54. The van der Waals surface area contributed by atoms with Crippen LogP contribution in [0, 0.1) is 6.92 Å². The van der Waals surface area contributed by atoms with Gasteiger partial charge in [0.2, 0.25) is 0 Å². The molecule has 1 atom stereocenters. The Bertz CT molecular complexity index is 935. The number of fused-ring (bicyclic) bond motifs is 3. The molecule has 0 saturated heterocycles. The number of carbonyl (C=O) groups excluding carboxylic acids is 1. The minimum atomic E-state index is 0.111. The maximum absolute atomic E-state index is 13.3. The third-order valence-electron chi connectivity index (χ3n) is 5.17. The summed E-state index contributed by atoms with van der Waals surface area (Å²) in [6.07, 6.45) is 1.10. The van der Waals surface area contributed by atoms with Crippen LogP contribution in [0.15, 0.2) is 42.5 Å². The molecule has 0 saturated carbocycles. The lowest BCUT2D eigenvalue weighted by Crippen LogP contribution is -2.06. The van der Waals surface area contributed by atoms with Crippen LogP contribution < -0.4 is 4.74 Å². The molecule has 4 rings (SSSR count). The van der Waals surface area contributed by atoms with Crippen molar-refractivity contribution in [2.24, 2.45) is 0 Å². The summed E-state index contributed by atoms with van der Waals surface area (Å²) in [5, 5.41) is 1.11. The Kier molecular flexibility index (Phi) is 3.45. The van der Waals surface area contributed by atoms with Gasteiger partial charge in [0.05, 0.1) is 12.7 Å². The van der Waals surface area contributed by atoms with Gasteiger partial charge in [-0.1, -0.05) is 19.1 Å². The second-order valence-corrected chi connectivity index (χ2v) is 6.63. The molecule has 0 unspecified atom stereocenters. The summed E-state index contributed by atoms with van der Waals surface area (Å²) in [6.45, 7) is 5.30. The minimum absolute atomic E-state index is 0.111. The van der Waals surface area contributed by atoms with Crippen molar-refractivity contribution in [3.8, 4) is 5.75 Å². The van der Waals surface area contributed by atoms with Gasteiger partial charge in [0.25, 0.3) is 0 Å². The van der Waals surface area contributed by atoms with E-state index in [9.17, 15) is 4.79 Å². The second-order valence-electron chi connectivity index (χ2n) is 6.63. The number of hydrogen-bond acceptors (Lipinski definition) is 2. The number of methoxy groups -OCH3 is 1. The van der Waals surface area contributed by atoms with Gasteiger partial charge in [0, 0.05) is 28.7 Å². The van der Waals surface area contributed by atoms with Crippen molar-refractivity contribution in [1.29, 1.82) is 0 Å². The molecule has 0 bridgehead atoms. The Morgan fingerprint density at radius 3 is 2.62 bits per heavy atom. The minimum Gasteiger partial charge on any atom is -0.497 e. The molecule has 24 heavy (non-hydrogen) atoms. The van der Waals surface area contributed by atoms with E-state index in [1.807, 2.05) is 24.3 Å². The molecule has 0 spiro atoms. The molecule has 0 aliphatic carbocycles. The van der Waals surface area contributed by atoms with E-state index in [0.717, 1.165) is 29.7 Å². The smallest absolute Gasteiger partial charge is 0.195 e. The molecule has 122 valence electrons. The van der Waals surface area contributed by atoms with Gasteiger partial charge in [-0.05, 0) is 55.2 Å². The Labute approximate surface area is 141 Å². The topological polar surface area (TPSA) is 31.2 Å². The Morgan fingerprint density at radius 1 is 1.17 bits per heavy atom. The van der Waals surface area contributed by atoms with Crippen LogP contribution in [-0.4, -0.2) is 17.5 Å². The molecular formula is C21H21NO2. The monoisotopic (exact) mass is 319 g/mol. The molecular weight excluding hydrogens is 298 g/mol. The van der Waals surface area contributed by atoms with Crippen LogP contribution in [0.2, 0.25) is 0 Å². The van der Waals surface area contributed by atoms with Gasteiger partial charge >= 0.3 is 0 Å². The summed E-state index contributed by atoms with van der Waals surface area (Å²) in [5.41, 5.74) is 5.15. The predicted octanol–water partition coefficient (Wildman–Crippen LogP) is 4.70. The third kappa shape index (κ3) is 2.08. The molecule has 3 aromatic rings. The van der Waals surface area contributed by atoms with Crippen molar-refractivity contribution in [2.45, 2.75) is 32.7 Å². The molecule has 3 nitrogen and oxygen atoms in total. The normalized spacial score (nSPS) is 16.4. The molecule has 0 N–H and O–H groups in total. The first-order valence-electron chi connectivity index (χ1n) is 8.42. The van der Waals surface area contributed by atoms with Crippen LogP contribution in [0.1, 0.15) is 46.4 Å². The average molecular weight is 319 g/mol. The van der Waals surface area contributed by atoms with Crippen molar-refractivity contribution in [3.63, 3.8) is 0 Å². The van der Waals surface area contributed by atoms with Gasteiger partial charge in [0.1, 0.15) is 5.75 Å². The van der Waals surface area contributed by atoms with Gasteiger partial charge in [0.15, 0.2) is 5.78 Å². The van der Waals surface area contributed by atoms with Crippen LogP contribution in [0.5, 0.6) is 5.75 Å². The molecule has 0 amide bonds. The van der Waals surface area contributed by atoms with Crippen LogP contribution in [0.4, 0.5) is 0 Å². The third-order valence-corrected chi connectivity index (χ3v) is 5.17. The highest BCUT2D eigenvalue weighted by atomic mass is 16.5. The predicted molar refractivity (Wildman–Crippen MR) is 96.1 cm³/mol. The number of aryl methyl sites for hydroxylation is 2. The number of ketones is 1. The van der Waals surface area contributed by atoms with E-state index >= 15 is 0 Å². The van der Waals surface area contributed by atoms with E-state index < -0.39 is 0 Å². The molecule has 1 aliphatic rings. The number of ether oxygens (including phenoxy) is 1. The SMILES string of the molecule is COc1ccc(C(=O)c2c3n(c4cccc(C)c24)CC[C@H]3C)cc1. The maximum atomic E-state index is 13.3. The quantitative estimate of drug-likeness (QED) is 0.655. The first-order valence-corrected chi connectivity index (χ1v) is 8.42. The van der Waals surface area contributed by atoms with Crippen molar-refractivity contribution in [1.82, 2.24) is 4.57 Å². The lowest BCUT2D eigenvalue weighted by Gasteiger charge is -2.08. The van der Waals surface area contributed by atoms with Gasteiger partial charge < -0.3 is 9.30 Å². The fourth-order valence-electron chi connectivity index (χ4n) is 3.92. The largest absolute Gasteiger partial charge is 0.497 e. The molecule has 0 radical (unpaired) electrons. The zero-order chi connectivity index (χ0) is 16.8. The van der Waals surface area contributed by atoms with Crippen molar-refractivity contribution in [2.75, 3.05) is 7.11 Å². The molecule has 3 heteroatoms. The molecule has 1 aromatic heterocycles. The number of aromatic nitrogens is 1. The standard InChI is InChI=1S/C21H21NO2/c1-13-5-4-6-17-18(13)19(20-14(2)11-12-22(17)20)21(23)15-7-9-16(24-3)10-8-15/h4-10,14H,11-12H2,1-3H3/t14-/m1/s1. The van der Waals surface area contributed by atoms with E-state index in [4.69, 9.17) is 4.74 Å². The van der Waals surface area contributed by atoms with Crippen LogP contribution >= 0.6 is 0 Å². The Balaban J connectivity index is 1.95. The lowest BCUT2D eigenvalue weighted by atomic mass is 9.93. The van der Waals surface area contributed by atoms with E-state index in [0.29, 0.717) is 11.5 Å². The van der Waals surface area contributed by atoms with Crippen molar-refractivity contribution in [3.05, 3.63) is 64.8 Å². The van der Waals surface area contributed by atoms with Crippen molar-refractivity contribution >= 4 is 16.7 Å². The Morgan fingerprint density at radius 2 is 1.92 bits per heavy atom. The summed E-state index contributed by atoms with van der Waals surface area (Å²) in [6, 6.07) is 13.7. The number of nitrogens with zero attached hydrogens (tertiary/aromatic N) is 1. The molecule has 2 heterocycles. The highest BCUT2D eigenvalue weighted by molar-refractivity contribution is 6.18. The fourth-order valence-corrected chi connectivity index (χ4v) is 3.92. The fraction of sp³-hybridized carbons (Fsp3) is 0.286. The number of rotatable bonds is 3.